The number of hydrogen-bond acceptors (Lipinski definition) is 3. The fourth-order valence-electron chi connectivity index (χ4n) is 1.32. The fourth-order valence-corrected chi connectivity index (χ4v) is 1.32. The molecule has 0 saturated carbocycles. The van der Waals surface area contributed by atoms with Gasteiger partial charge in [0.15, 0.2) is 5.90 Å². The van der Waals surface area contributed by atoms with Gasteiger partial charge in [0.1, 0.15) is 6.10 Å². The second-order valence-corrected chi connectivity index (χ2v) is 4.81. The van der Waals surface area contributed by atoms with Crippen LogP contribution < -0.4 is 0 Å². The number of carboxylic acid groups (broad SMARTS) is 1. The summed E-state index contributed by atoms with van der Waals surface area (Å²) >= 11 is 0. The first-order chi connectivity index (χ1) is 6.37. The van der Waals surface area contributed by atoms with E-state index in [9.17, 15) is 4.79 Å². The lowest BCUT2D eigenvalue weighted by Crippen LogP contribution is -2.20. The van der Waals surface area contributed by atoms with E-state index < -0.39 is 5.97 Å². The Kier molecular flexibility index (Phi) is 3.13. The van der Waals surface area contributed by atoms with Crippen molar-refractivity contribution in [3.63, 3.8) is 0 Å². The second kappa shape index (κ2) is 3.98. The van der Waals surface area contributed by atoms with Crippen molar-refractivity contribution >= 4 is 11.9 Å². The van der Waals surface area contributed by atoms with Crippen molar-refractivity contribution in [1.82, 2.24) is 0 Å². The number of carboxylic acids is 1. The standard InChI is InChI=1S/C10H17NO3/c1-10(2,3)5-8-11-6-7(14-8)4-9(12)13/h7H,4-6H2,1-3H3,(H,12,13). The van der Waals surface area contributed by atoms with Crippen molar-refractivity contribution in [2.75, 3.05) is 6.54 Å². The highest BCUT2D eigenvalue weighted by Crippen LogP contribution is 2.23. The van der Waals surface area contributed by atoms with Crippen LogP contribution in [0.25, 0.3) is 0 Å². The molecule has 1 heterocycles. The molecule has 14 heavy (non-hydrogen) atoms. The molecule has 0 aliphatic carbocycles. The van der Waals surface area contributed by atoms with Gasteiger partial charge in [-0.3, -0.25) is 9.79 Å². The van der Waals surface area contributed by atoms with Gasteiger partial charge in [-0.25, -0.2) is 0 Å². The van der Waals surface area contributed by atoms with Crippen molar-refractivity contribution in [2.24, 2.45) is 10.4 Å². The zero-order chi connectivity index (χ0) is 10.8. The lowest BCUT2D eigenvalue weighted by Gasteiger charge is -2.18. The van der Waals surface area contributed by atoms with Crippen LogP contribution in [0.2, 0.25) is 0 Å². The van der Waals surface area contributed by atoms with Crippen LogP contribution in [0.15, 0.2) is 4.99 Å². The van der Waals surface area contributed by atoms with Gasteiger partial charge >= 0.3 is 5.97 Å². The number of ether oxygens (including phenoxy) is 1. The Balaban J connectivity index is 2.36. The maximum absolute atomic E-state index is 10.4. The van der Waals surface area contributed by atoms with Crippen molar-refractivity contribution < 1.29 is 14.6 Å². The maximum Gasteiger partial charge on any atom is 0.307 e. The lowest BCUT2D eigenvalue weighted by atomic mass is 9.92. The summed E-state index contributed by atoms with van der Waals surface area (Å²) in [6.45, 7) is 6.79. The highest BCUT2D eigenvalue weighted by Gasteiger charge is 2.25. The molecule has 4 heteroatoms. The van der Waals surface area contributed by atoms with Crippen LogP contribution in [0.1, 0.15) is 33.6 Å². The number of carbonyl (C=O) groups is 1. The molecular formula is C10H17NO3. The predicted molar refractivity (Wildman–Crippen MR) is 53.5 cm³/mol. The Bertz CT molecular complexity index is 253. The number of aliphatic imine (C=N–C) groups is 1. The minimum Gasteiger partial charge on any atom is -0.481 e. The van der Waals surface area contributed by atoms with Crippen LogP contribution in [-0.4, -0.2) is 29.6 Å². The van der Waals surface area contributed by atoms with Crippen LogP contribution >= 0.6 is 0 Å². The van der Waals surface area contributed by atoms with Gasteiger partial charge in [-0.15, -0.1) is 0 Å². The first kappa shape index (κ1) is 11.0. The van der Waals surface area contributed by atoms with Crippen LogP contribution in [0, 0.1) is 5.41 Å². The molecule has 0 radical (unpaired) electrons. The summed E-state index contributed by atoms with van der Waals surface area (Å²) < 4.78 is 5.42. The molecule has 1 aliphatic rings. The molecule has 0 bridgehead atoms. The Labute approximate surface area is 84.0 Å². The normalized spacial score (nSPS) is 21.6. The summed E-state index contributed by atoms with van der Waals surface area (Å²) in [5.74, 6) is -0.133. The molecule has 1 aliphatic heterocycles. The zero-order valence-corrected chi connectivity index (χ0v) is 8.91. The minimum absolute atomic E-state index is 0.0388. The quantitative estimate of drug-likeness (QED) is 0.752. The number of rotatable bonds is 3. The Morgan fingerprint density at radius 3 is 2.79 bits per heavy atom. The van der Waals surface area contributed by atoms with Crippen LogP contribution in [0.5, 0.6) is 0 Å². The lowest BCUT2D eigenvalue weighted by molar-refractivity contribution is -0.138. The summed E-state index contributed by atoms with van der Waals surface area (Å²) in [5.41, 5.74) is 0.136. The Hall–Kier alpha value is -1.06. The molecule has 0 aromatic rings. The van der Waals surface area contributed by atoms with Gasteiger partial charge in [0.2, 0.25) is 0 Å². The first-order valence-electron chi connectivity index (χ1n) is 4.78. The zero-order valence-electron chi connectivity index (χ0n) is 8.91. The average molecular weight is 199 g/mol. The second-order valence-electron chi connectivity index (χ2n) is 4.81. The number of aliphatic carboxylic acids is 1. The largest absolute Gasteiger partial charge is 0.481 e. The molecule has 1 atom stereocenters. The van der Waals surface area contributed by atoms with Gasteiger partial charge in [0.25, 0.3) is 0 Å². The predicted octanol–water partition coefficient (Wildman–Crippen LogP) is 1.69. The van der Waals surface area contributed by atoms with E-state index in [1.54, 1.807) is 0 Å². The van der Waals surface area contributed by atoms with E-state index in [-0.39, 0.29) is 17.9 Å². The smallest absolute Gasteiger partial charge is 0.307 e. The summed E-state index contributed by atoms with van der Waals surface area (Å²) in [4.78, 5) is 14.6. The molecule has 4 nitrogen and oxygen atoms in total. The minimum atomic E-state index is -0.831. The molecule has 1 rings (SSSR count). The molecule has 0 spiro atoms. The summed E-state index contributed by atoms with van der Waals surface area (Å²) in [7, 11) is 0. The molecule has 1 N–H and O–H groups in total. The maximum atomic E-state index is 10.4. The molecular weight excluding hydrogens is 182 g/mol. The SMILES string of the molecule is CC(C)(C)CC1=NCC(CC(=O)O)O1. The highest BCUT2D eigenvalue weighted by atomic mass is 16.5. The van der Waals surface area contributed by atoms with E-state index in [0.29, 0.717) is 12.4 Å². The molecule has 0 saturated heterocycles. The van der Waals surface area contributed by atoms with Crippen LogP contribution in [0.4, 0.5) is 0 Å². The van der Waals surface area contributed by atoms with Crippen LogP contribution in [-0.2, 0) is 9.53 Å². The fraction of sp³-hybridized carbons (Fsp3) is 0.800. The van der Waals surface area contributed by atoms with Gasteiger partial charge in [-0.05, 0) is 5.41 Å². The van der Waals surface area contributed by atoms with Gasteiger partial charge in [-0.2, -0.15) is 0 Å². The van der Waals surface area contributed by atoms with Gasteiger partial charge in [0, 0.05) is 6.42 Å². The van der Waals surface area contributed by atoms with Crippen molar-refractivity contribution in [2.45, 2.75) is 39.7 Å². The molecule has 0 amide bonds. The monoisotopic (exact) mass is 199 g/mol. The van der Waals surface area contributed by atoms with Crippen molar-refractivity contribution in [3.8, 4) is 0 Å². The molecule has 0 fully saturated rings. The molecule has 0 aromatic carbocycles. The number of hydrogen-bond donors (Lipinski definition) is 1. The van der Waals surface area contributed by atoms with Gasteiger partial charge in [0.05, 0.1) is 13.0 Å². The highest BCUT2D eigenvalue weighted by molar-refractivity contribution is 5.79. The Morgan fingerprint density at radius 1 is 1.64 bits per heavy atom. The topological polar surface area (TPSA) is 58.9 Å². The van der Waals surface area contributed by atoms with E-state index in [1.165, 1.54) is 0 Å². The molecule has 0 aromatic heterocycles. The van der Waals surface area contributed by atoms with E-state index in [2.05, 4.69) is 25.8 Å². The number of nitrogens with zero attached hydrogens (tertiary/aromatic N) is 1. The van der Waals surface area contributed by atoms with E-state index in [0.717, 1.165) is 6.42 Å². The third kappa shape index (κ3) is 3.77. The van der Waals surface area contributed by atoms with Crippen LogP contribution in [0.3, 0.4) is 0 Å². The van der Waals surface area contributed by atoms with Crippen molar-refractivity contribution in [3.05, 3.63) is 0 Å². The third-order valence-electron chi connectivity index (χ3n) is 1.86. The summed E-state index contributed by atoms with van der Waals surface area (Å²) in [5, 5.41) is 8.56. The van der Waals surface area contributed by atoms with E-state index in [1.807, 2.05) is 0 Å². The molecule has 80 valence electrons. The average Bonchev–Trinajstić information content (AvgIpc) is 2.30. The Morgan fingerprint density at radius 2 is 2.29 bits per heavy atom. The van der Waals surface area contributed by atoms with Crippen molar-refractivity contribution in [1.29, 1.82) is 0 Å². The van der Waals surface area contributed by atoms with E-state index >= 15 is 0 Å². The third-order valence-corrected chi connectivity index (χ3v) is 1.86. The summed E-state index contributed by atoms with van der Waals surface area (Å²) in [6.07, 6.45) is 0.546. The van der Waals surface area contributed by atoms with Gasteiger partial charge < -0.3 is 9.84 Å². The molecule has 1 unspecified atom stereocenters. The van der Waals surface area contributed by atoms with E-state index in [4.69, 9.17) is 9.84 Å². The summed E-state index contributed by atoms with van der Waals surface area (Å²) in [6, 6.07) is 0. The first-order valence-corrected chi connectivity index (χ1v) is 4.78. The van der Waals surface area contributed by atoms with Gasteiger partial charge in [-0.1, -0.05) is 20.8 Å².